The molecule has 0 radical (unpaired) electrons. The van der Waals surface area contributed by atoms with Crippen molar-refractivity contribution in [1.29, 1.82) is 0 Å². The molecule has 8 heteroatoms. The summed E-state index contributed by atoms with van der Waals surface area (Å²) in [6.07, 6.45) is -5.72. The third kappa shape index (κ3) is 2.02. The van der Waals surface area contributed by atoms with E-state index >= 15 is 0 Å². The molecule has 0 spiro atoms. The Labute approximate surface area is 124 Å². The Kier molecular flexibility index (Phi) is 3.41. The lowest BCUT2D eigenvalue weighted by atomic mass is 9.71. The van der Waals surface area contributed by atoms with Gasteiger partial charge in [-0.15, -0.1) is 0 Å². The molecule has 3 fully saturated rings. The van der Waals surface area contributed by atoms with Gasteiger partial charge in [0.05, 0.1) is 6.54 Å². The Hall–Kier alpha value is -1.34. The van der Waals surface area contributed by atoms with Crippen LogP contribution in [0, 0.1) is 17.3 Å². The van der Waals surface area contributed by atoms with Gasteiger partial charge in [-0.25, -0.2) is 9.18 Å². The average molecular weight is 323 g/mol. The van der Waals surface area contributed by atoms with Gasteiger partial charge in [-0.3, -0.25) is 4.79 Å². The largest absolute Gasteiger partial charge is 0.480 e. The highest BCUT2D eigenvalue weighted by atomic mass is 19.4. The van der Waals surface area contributed by atoms with Crippen LogP contribution in [0.25, 0.3) is 0 Å². The van der Waals surface area contributed by atoms with Gasteiger partial charge in [0.25, 0.3) is 0 Å². The molecule has 2 bridgehead atoms. The van der Waals surface area contributed by atoms with Crippen molar-refractivity contribution in [3.8, 4) is 0 Å². The number of amides is 1. The highest BCUT2D eigenvalue weighted by Gasteiger charge is 2.71. The molecule has 22 heavy (non-hydrogen) atoms. The Balaban J connectivity index is 1.96. The van der Waals surface area contributed by atoms with E-state index in [2.05, 4.69) is 0 Å². The maximum atomic E-state index is 13.7. The summed E-state index contributed by atoms with van der Waals surface area (Å²) in [6.45, 7) is -0.564. The van der Waals surface area contributed by atoms with Crippen molar-refractivity contribution in [3.63, 3.8) is 0 Å². The lowest BCUT2D eigenvalue weighted by Gasteiger charge is -2.41. The second-order valence-corrected chi connectivity index (χ2v) is 6.69. The van der Waals surface area contributed by atoms with Crippen molar-refractivity contribution < 1.29 is 32.3 Å². The van der Waals surface area contributed by atoms with Gasteiger partial charge in [0.2, 0.25) is 5.91 Å². The second-order valence-electron chi connectivity index (χ2n) is 6.69. The molecule has 1 aliphatic heterocycles. The number of alkyl halides is 4. The summed E-state index contributed by atoms with van der Waals surface area (Å²) >= 11 is 0. The molecule has 1 amide bonds. The Morgan fingerprint density at radius 3 is 2.32 bits per heavy atom. The van der Waals surface area contributed by atoms with Gasteiger partial charge in [-0.2, -0.15) is 13.2 Å². The number of hydrogen-bond acceptors (Lipinski definition) is 2. The van der Waals surface area contributed by atoms with Gasteiger partial charge >= 0.3 is 12.1 Å². The first kappa shape index (κ1) is 15.6. The standard InChI is InChI=1S/C14H17F4NO3/c15-9-4-10(11(20)21)19(6-9)12(22)13(14(16,17)18)5-7-1-2-8(13)3-7/h7-10H,1-6H2,(H,20,21)/t7?,8?,9-,10+,13?/m1/s1. The SMILES string of the molecule is O=C(O)[C@@H]1C[C@@H](F)CN1C(=O)C1(C(F)(F)F)CC2CCC1C2. The predicted octanol–water partition coefficient (Wildman–Crippen LogP) is 2.38. The number of nitrogens with zero attached hydrogens (tertiary/aromatic N) is 1. The fraction of sp³-hybridized carbons (Fsp3) is 0.857. The minimum Gasteiger partial charge on any atom is -0.480 e. The summed E-state index contributed by atoms with van der Waals surface area (Å²) in [7, 11) is 0. The lowest BCUT2D eigenvalue weighted by Crippen LogP contribution is -2.57. The van der Waals surface area contributed by atoms with Crippen LogP contribution in [-0.2, 0) is 9.59 Å². The van der Waals surface area contributed by atoms with Gasteiger partial charge in [-0.1, -0.05) is 6.42 Å². The molecule has 124 valence electrons. The van der Waals surface area contributed by atoms with Crippen molar-refractivity contribution in [2.45, 2.75) is 50.5 Å². The molecule has 0 aromatic heterocycles. The van der Waals surface area contributed by atoms with Gasteiger partial charge in [-0.05, 0) is 31.1 Å². The van der Waals surface area contributed by atoms with Gasteiger partial charge < -0.3 is 10.0 Å². The summed E-state index contributed by atoms with van der Waals surface area (Å²) in [5.74, 6) is -3.64. The molecule has 1 N–H and O–H groups in total. The first-order valence-electron chi connectivity index (χ1n) is 7.41. The van der Waals surface area contributed by atoms with Crippen LogP contribution in [0.2, 0.25) is 0 Å². The number of halogens is 4. The molecule has 2 saturated carbocycles. The Morgan fingerprint density at radius 1 is 1.18 bits per heavy atom. The zero-order valence-electron chi connectivity index (χ0n) is 11.8. The van der Waals surface area contributed by atoms with Crippen molar-refractivity contribution in [2.24, 2.45) is 17.3 Å². The summed E-state index contributed by atoms with van der Waals surface area (Å²) in [4.78, 5) is 24.4. The molecule has 3 rings (SSSR count). The van der Waals surface area contributed by atoms with E-state index in [-0.39, 0.29) is 12.3 Å². The van der Waals surface area contributed by atoms with E-state index in [4.69, 9.17) is 5.11 Å². The van der Waals surface area contributed by atoms with Crippen LogP contribution in [0.5, 0.6) is 0 Å². The average Bonchev–Trinajstić information content (AvgIpc) is 3.09. The van der Waals surface area contributed by atoms with E-state index < -0.39 is 54.6 Å². The molecule has 4 nitrogen and oxygen atoms in total. The molecular weight excluding hydrogens is 306 g/mol. The summed E-state index contributed by atoms with van der Waals surface area (Å²) in [5.41, 5.74) is -2.52. The first-order valence-corrected chi connectivity index (χ1v) is 7.41. The minimum atomic E-state index is -4.73. The normalized spacial score (nSPS) is 41.2. The fourth-order valence-corrected chi connectivity index (χ4v) is 4.56. The third-order valence-corrected chi connectivity index (χ3v) is 5.53. The molecular formula is C14H17F4NO3. The summed E-state index contributed by atoms with van der Waals surface area (Å²) in [6, 6.07) is -1.50. The van der Waals surface area contributed by atoms with Crippen molar-refractivity contribution in [2.75, 3.05) is 6.54 Å². The van der Waals surface area contributed by atoms with Crippen LogP contribution >= 0.6 is 0 Å². The van der Waals surface area contributed by atoms with Crippen LogP contribution in [0.4, 0.5) is 17.6 Å². The molecule has 3 aliphatic rings. The zero-order chi connectivity index (χ0) is 16.3. The van der Waals surface area contributed by atoms with Crippen molar-refractivity contribution >= 4 is 11.9 Å². The third-order valence-electron chi connectivity index (χ3n) is 5.53. The van der Waals surface area contributed by atoms with Crippen LogP contribution < -0.4 is 0 Å². The smallest absolute Gasteiger partial charge is 0.403 e. The number of likely N-dealkylation sites (tertiary alicyclic amines) is 1. The number of carbonyl (C=O) groups is 2. The molecule has 0 aromatic rings. The Bertz CT molecular complexity index is 509. The van der Waals surface area contributed by atoms with E-state index in [0.717, 1.165) is 0 Å². The van der Waals surface area contributed by atoms with Crippen LogP contribution in [0.1, 0.15) is 32.1 Å². The van der Waals surface area contributed by atoms with Crippen molar-refractivity contribution in [3.05, 3.63) is 0 Å². The first-order chi connectivity index (χ1) is 10.2. The number of aliphatic carboxylic acids is 1. The quantitative estimate of drug-likeness (QED) is 0.794. The Morgan fingerprint density at radius 2 is 1.86 bits per heavy atom. The monoisotopic (exact) mass is 323 g/mol. The van der Waals surface area contributed by atoms with E-state index in [1.807, 2.05) is 0 Å². The summed E-state index contributed by atoms with van der Waals surface area (Å²) in [5, 5.41) is 9.07. The molecule has 1 heterocycles. The number of hydrogen-bond donors (Lipinski definition) is 1. The summed E-state index contributed by atoms with van der Waals surface area (Å²) < 4.78 is 54.6. The predicted molar refractivity (Wildman–Crippen MR) is 66.6 cm³/mol. The maximum absolute atomic E-state index is 13.7. The molecule has 5 atom stereocenters. The van der Waals surface area contributed by atoms with E-state index in [1.165, 1.54) is 0 Å². The van der Waals surface area contributed by atoms with E-state index in [9.17, 15) is 27.2 Å². The van der Waals surface area contributed by atoms with Crippen molar-refractivity contribution in [1.82, 2.24) is 4.90 Å². The highest BCUT2D eigenvalue weighted by Crippen LogP contribution is 2.63. The van der Waals surface area contributed by atoms with Gasteiger partial charge in [0, 0.05) is 6.42 Å². The van der Waals surface area contributed by atoms with Crippen LogP contribution in [0.15, 0.2) is 0 Å². The van der Waals surface area contributed by atoms with Gasteiger partial charge in [0.1, 0.15) is 17.6 Å². The maximum Gasteiger partial charge on any atom is 0.403 e. The zero-order valence-corrected chi connectivity index (χ0v) is 11.8. The second kappa shape index (κ2) is 4.83. The minimum absolute atomic E-state index is 0.150. The van der Waals surface area contributed by atoms with E-state index in [0.29, 0.717) is 24.2 Å². The number of rotatable bonds is 2. The highest BCUT2D eigenvalue weighted by molar-refractivity contribution is 5.89. The number of carboxylic acid groups (broad SMARTS) is 1. The molecule has 3 unspecified atom stereocenters. The van der Waals surface area contributed by atoms with Gasteiger partial charge in [0.15, 0.2) is 0 Å². The molecule has 1 saturated heterocycles. The molecule has 2 aliphatic carbocycles. The number of fused-ring (bicyclic) bond motifs is 2. The topological polar surface area (TPSA) is 57.6 Å². The molecule has 0 aromatic carbocycles. The fourth-order valence-electron chi connectivity index (χ4n) is 4.56. The number of carboxylic acids is 1. The van der Waals surface area contributed by atoms with Crippen LogP contribution in [-0.4, -0.2) is 46.8 Å². The number of carbonyl (C=O) groups excluding carboxylic acids is 1. The lowest BCUT2D eigenvalue weighted by molar-refractivity contribution is -0.241. The van der Waals surface area contributed by atoms with Crippen LogP contribution in [0.3, 0.4) is 0 Å². The van der Waals surface area contributed by atoms with E-state index in [1.54, 1.807) is 0 Å².